The second kappa shape index (κ2) is 5.28. The van der Waals surface area contributed by atoms with Crippen LogP contribution in [-0.2, 0) is 12.4 Å². The molecule has 2 heterocycles. The van der Waals surface area contributed by atoms with E-state index in [0.29, 0.717) is 38.7 Å². The predicted octanol–water partition coefficient (Wildman–Crippen LogP) is 3.26. The minimum atomic E-state index is -0.290. The summed E-state index contributed by atoms with van der Waals surface area (Å²) in [6, 6.07) is 3.14. The number of aryl methyl sites for hydroxylation is 1. The standard InChI is InChI=1S/C12H9ClFIN4O/c1-6-16-12(20-18-6)5-19-10-2-7(14)8(15)3-9(10)17-11(19)4-13/h2-3H,4-5H2,1H3. The molecule has 5 nitrogen and oxygen atoms in total. The number of imidazole rings is 1. The molecule has 3 rings (SSSR count). The van der Waals surface area contributed by atoms with Crippen LogP contribution in [0, 0.1) is 16.3 Å². The number of aromatic nitrogens is 4. The van der Waals surface area contributed by atoms with E-state index < -0.39 is 0 Å². The van der Waals surface area contributed by atoms with Gasteiger partial charge in [-0.2, -0.15) is 4.98 Å². The molecule has 0 unspecified atom stereocenters. The van der Waals surface area contributed by atoms with Gasteiger partial charge in [0.05, 0.1) is 20.5 Å². The van der Waals surface area contributed by atoms with Crippen molar-refractivity contribution in [3.63, 3.8) is 0 Å². The van der Waals surface area contributed by atoms with Crippen molar-refractivity contribution in [2.75, 3.05) is 0 Å². The highest BCUT2D eigenvalue weighted by molar-refractivity contribution is 14.1. The normalized spacial score (nSPS) is 11.4. The zero-order valence-electron chi connectivity index (χ0n) is 10.4. The van der Waals surface area contributed by atoms with Gasteiger partial charge in [-0.05, 0) is 35.6 Å². The molecule has 0 spiro atoms. The average Bonchev–Trinajstić information content (AvgIpc) is 2.96. The molecule has 104 valence electrons. The van der Waals surface area contributed by atoms with Crippen molar-refractivity contribution >= 4 is 45.2 Å². The van der Waals surface area contributed by atoms with Crippen LogP contribution in [0.3, 0.4) is 0 Å². The highest BCUT2D eigenvalue weighted by Gasteiger charge is 2.15. The van der Waals surface area contributed by atoms with E-state index in [4.69, 9.17) is 16.1 Å². The van der Waals surface area contributed by atoms with Crippen molar-refractivity contribution in [3.05, 3.63) is 39.1 Å². The summed E-state index contributed by atoms with van der Waals surface area (Å²) in [5.41, 5.74) is 1.36. The summed E-state index contributed by atoms with van der Waals surface area (Å²) in [6.07, 6.45) is 0. The molecule has 0 aliphatic carbocycles. The van der Waals surface area contributed by atoms with E-state index in [0.717, 1.165) is 0 Å². The molecular weight excluding hydrogens is 398 g/mol. The largest absolute Gasteiger partial charge is 0.337 e. The number of nitrogens with zero attached hydrogens (tertiary/aromatic N) is 4. The van der Waals surface area contributed by atoms with Crippen LogP contribution in [0.1, 0.15) is 17.5 Å². The van der Waals surface area contributed by atoms with E-state index in [1.165, 1.54) is 6.07 Å². The Hall–Kier alpha value is -1.22. The molecule has 0 fully saturated rings. The minimum absolute atomic E-state index is 0.222. The second-order valence-electron chi connectivity index (χ2n) is 4.24. The van der Waals surface area contributed by atoms with Crippen LogP contribution >= 0.6 is 34.2 Å². The first-order valence-corrected chi connectivity index (χ1v) is 7.39. The second-order valence-corrected chi connectivity index (χ2v) is 5.67. The van der Waals surface area contributed by atoms with Crippen LogP contribution in [0.4, 0.5) is 4.39 Å². The summed E-state index contributed by atoms with van der Waals surface area (Å²) >= 11 is 7.84. The molecule has 0 aliphatic rings. The van der Waals surface area contributed by atoms with Crippen molar-refractivity contribution in [1.82, 2.24) is 19.7 Å². The lowest BCUT2D eigenvalue weighted by Gasteiger charge is -2.04. The zero-order chi connectivity index (χ0) is 14.3. The number of hydrogen-bond donors (Lipinski definition) is 0. The highest BCUT2D eigenvalue weighted by atomic mass is 127. The number of halogens is 3. The SMILES string of the molecule is Cc1noc(Cn2c(CCl)nc3cc(I)c(F)cc32)n1. The molecular formula is C12H9ClFIN4O. The van der Waals surface area contributed by atoms with Gasteiger partial charge >= 0.3 is 0 Å². The van der Waals surface area contributed by atoms with Gasteiger partial charge in [-0.25, -0.2) is 9.37 Å². The summed E-state index contributed by atoms with van der Waals surface area (Å²) < 4.78 is 21.2. The molecule has 3 aromatic rings. The lowest BCUT2D eigenvalue weighted by Crippen LogP contribution is -2.04. The van der Waals surface area contributed by atoms with E-state index in [9.17, 15) is 4.39 Å². The molecule has 1 aromatic carbocycles. The summed E-state index contributed by atoms with van der Waals surface area (Å²) in [4.78, 5) is 8.55. The Morgan fingerprint density at radius 3 is 2.85 bits per heavy atom. The smallest absolute Gasteiger partial charge is 0.246 e. The Labute approximate surface area is 132 Å². The third-order valence-corrected chi connectivity index (χ3v) is 3.92. The van der Waals surface area contributed by atoms with Crippen molar-refractivity contribution < 1.29 is 8.91 Å². The third-order valence-electron chi connectivity index (χ3n) is 2.85. The Morgan fingerprint density at radius 2 is 2.20 bits per heavy atom. The van der Waals surface area contributed by atoms with Gasteiger partial charge < -0.3 is 9.09 Å². The Balaban J connectivity index is 2.14. The van der Waals surface area contributed by atoms with Crippen LogP contribution in [0.15, 0.2) is 16.7 Å². The van der Waals surface area contributed by atoms with Crippen molar-refractivity contribution in [2.24, 2.45) is 0 Å². The third kappa shape index (κ3) is 2.39. The topological polar surface area (TPSA) is 56.7 Å². The Kier molecular flexibility index (Phi) is 3.63. The first kappa shape index (κ1) is 13.7. The monoisotopic (exact) mass is 406 g/mol. The van der Waals surface area contributed by atoms with Crippen molar-refractivity contribution in [2.45, 2.75) is 19.3 Å². The van der Waals surface area contributed by atoms with Crippen molar-refractivity contribution in [1.29, 1.82) is 0 Å². The Morgan fingerprint density at radius 1 is 1.40 bits per heavy atom. The molecule has 20 heavy (non-hydrogen) atoms. The number of rotatable bonds is 3. The molecule has 0 atom stereocenters. The van der Waals surface area contributed by atoms with Crippen molar-refractivity contribution in [3.8, 4) is 0 Å². The van der Waals surface area contributed by atoms with E-state index in [1.807, 2.05) is 22.6 Å². The maximum Gasteiger partial charge on any atom is 0.246 e. The summed E-state index contributed by atoms with van der Waals surface area (Å²) in [5, 5.41) is 3.74. The van der Waals surface area contributed by atoms with Gasteiger partial charge in [0, 0.05) is 6.07 Å². The lowest BCUT2D eigenvalue weighted by molar-refractivity contribution is 0.368. The average molecular weight is 407 g/mol. The number of benzene rings is 1. The molecule has 8 heteroatoms. The lowest BCUT2D eigenvalue weighted by atomic mass is 10.3. The summed E-state index contributed by atoms with van der Waals surface area (Å²) in [6.45, 7) is 2.06. The van der Waals surface area contributed by atoms with Gasteiger partial charge in [-0.15, -0.1) is 11.6 Å². The molecule has 0 saturated heterocycles. The van der Waals surface area contributed by atoms with Gasteiger partial charge in [0.1, 0.15) is 18.2 Å². The van der Waals surface area contributed by atoms with Gasteiger partial charge in [0.2, 0.25) is 5.89 Å². The van der Waals surface area contributed by atoms with E-state index in [1.54, 1.807) is 17.6 Å². The first-order valence-electron chi connectivity index (χ1n) is 5.78. The fourth-order valence-electron chi connectivity index (χ4n) is 1.99. The summed E-state index contributed by atoms with van der Waals surface area (Å²) in [7, 11) is 0. The van der Waals surface area contributed by atoms with Crippen LogP contribution in [0.5, 0.6) is 0 Å². The van der Waals surface area contributed by atoms with Crippen LogP contribution in [0.25, 0.3) is 11.0 Å². The fraction of sp³-hybridized carbons (Fsp3) is 0.250. The van der Waals surface area contributed by atoms with E-state index >= 15 is 0 Å². The van der Waals surface area contributed by atoms with Gasteiger partial charge in [-0.1, -0.05) is 5.16 Å². The molecule has 0 N–H and O–H groups in total. The molecule has 2 aromatic heterocycles. The number of hydrogen-bond acceptors (Lipinski definition) is 4. The Bertz CT molecular complexity index is 785. The van der Waals surface area contributed by atoms with Crippen LogP contribution < -0.4 is 0 Å². The van der Waals surface area contributed by atoms with Gasteiger partial charge in [0.15, 0.2) is 5.82 Å². The predicted molar refractivity (Wildman–Crippen MR) is 80.1 cm³/mol. The summed E-state index contributed by atoms with van der Waals surface area (Å²) in [5.74, 6) is 1.56. The molecule has 0 bridgehead atoms. The maximum absolute atomic E-state index is 13.8. The number of fused-ring (bicyclic) bond motifs is 1. The molecule has 0 radical (unpaired) electrons. The van der Waals surface area contributed by atoms with Crippen LogP contribution in [-0.4, -0.2) is 19.7 Å². The fourth-order valence-corrected chi connectivity index (χ4v) is 2.64. The first-order chi connectivity index (χ1) is 9.58. The van der Waals surface area contributed by atoms with Gasteiger partial charge in [-0.3, -0.25) is 0 Å². The highest BCUT2D eigenvalue weighted by Crippen LogP contribution is 2.23. The number of alkyl halides is 1. The molecule has 0 saturated carbocycles. The minimum Gasteiger partial charge on any atom is -0.337 e. The zero-order valence-corrected chi connectivity index (χ0v) is 13.3. The maximum atomic E-state index is 13.8. The quantitative estimate of drug-likeness (QED) is 0.495. The van der Waals surface area contributed by atoms with Crippen LogP contribution in [0.2, 0.25) is 0 Å². The van der Waals surface area contributed by atoms with Gasteiger partial charge in [0.25, 0.3) is 0 Å². The van der Waals surface area contributed by atoms with E-state index in [2.05, 4.69) is 15.1 Å². The molecule has 0 aliphatic heterocycles. The molecule has 0 amide bonds. The van der Waals surface area contributed by atoms with E-state index in [-0.39, 0.29) is 11.7 Å².